The fourth-order valence-electron chi connectivity index (χ4n) is 3.32. The first-order chi connectivity index (χ1) is 13.2. The molecule has 1 aliphatic heterocycles. The molecule has 3 rings (SSSR count). The van der Waals surface area contributed by atoms with Crippen LogP contribution in [0.4, 0.5) is 5.69 Å². The fraction of sp³-hybridized carbons (Fsp3) is 0.364. The number of amides is 2. The lowest BCUT2D eigenvalue weighted by Crippen LogP contribution is -2.43. The predicted molar refractivity (Wildman–Crippen MR) is 106 cm³/mol. The van der Waals surface area contributed by atoms with Gasteiger partial charge in [-0.05, 0) is 43.0 Å². The quantitative estimate of drug-likeness (QED) is 0.851. The van der Waals surface area contributed by atoms with Gasteiger partial charge >= 0.3 is 0 Å². The molecule has 5 nitrogen and oxygen atoms in total. The minimum atomic E-state index is -0.0593. The number of anilines is 1. The third-order valence-electron chi connectivity index (χ3n) is 4.96. The number of carbonyl (C=O) groups excluding carboxylic acids is 2. The molecule has 1 aliphatic rings. The molecule has 142 valence electrons. The molecule has 0 unspecified atom stereocenters. The summed E-state index contributed by atoms with van der Waals surface area (Å²) in [7, 11) is 0. The van der Waals surface area contributed by atoms with Crippen molar-refractivity contribution in [3.8, 4) is 5.75 Å². The monoisotopic (exact) mass is 366 g/mol. The summed E-state index contributed by atoms with van der Waals surface area (Å²) >= 11 is 0. The van der Waals surface area contributed by atoms with Gasteiger partial charge < -0.3 is 15.0 Å². The van der Waals surface area contributed by atoms with E-state index in [-0.39, 0.29) is 24.3 Å². The molecule has 0 saturated carbocycles. The van der Waals surface area contributed by atoms with Crippen molar-refractivity contribution in [1.82, 2.24) is 4.90 Å². The number of piperidine rings is 1. The molecule has 1 heterocycles. The lowest BCUT2D eigenvalue weighted by Gasteiger charge is -2.31. The predicted octanol–water partition coefficient (Wildman–Crippen LogP) is 3.51. The van der Waals surface area contributed by atoms with Crippen molar-refractivity contribution in [1.29, 1.82) is 0 Å². The molecular weight excluding hydrogens is 340 g/mol. The first-order valence-electron chi connectivity index (χ1n) is 9.51. The van der Waals surface area contributed by atoms with Crippen LogP contribution in [-0.4, -0.2) is 36.4 Å². The first kappa shape index (κ1) is 19.0. The number of hydrogen-bond acceptors (Lipinski definition) is 3. The summed E-state index contributed by atoms with van der Waals surface area (Å²) in [6, 6.07) is 17.3. The molecule has 2 amide bonds. The number of aryl methyl sites for hydroxylation is 1. The Balaban J connectivity index is 1.45. The third kappa shape index (κ3) is 5.09. The Morgan fingerprint density at radius 1 is 1.04 bits per heavy atom. The third-order valence-corrected chi connectivity index (χ3v) is 4.96. The highest BCUT2D eigenvalue weighted by molar-refractivity contribution is 5.92. The molecule has 1 fully saturated rings. The van der Waals surface area contributed by atoms with Gasteiger partial charge in [0.15, 0.2) is 6.61 Å². The normalized spacial score (nSPS) is 14.6. The summed E-state index contributed by atoms with van der Waals surface area (Å²) in [5.74, 6) is 0.714. The van der Waals surface area contributed by atoms with Crippen LogP contribution in [0.5, 0.6) is 5.75 Å². The molecule has 2 aromatic rings. The Morgan fingerprint density at radius 2 is 1.70 bits per heavy atom. The number of carbonyl (C=O) groups is 2. The van der Waals surface area contributed by atoms with Gasteiger partial charge in [0.2, 0.25) is 5.91 Å². The Kier molecular flexibility index (Phi) is 6.47. The zero-order chi connectivity index (χ0) is 19.1. The fourth-order valence-corrected chi connectivity index (χ4v) is 3.32. The molecule has 0 spiro atoms. The Labute approximate surface area is 160 Å². The molecule has 0 radical (unpaired) electrons. The zero-order valence-electron chi connectivity index (χ0n) is 15.7. The van der Waals surface area contributed by atoms with Crippen molar-refractivity contribution < 1.29 is 14.3 Å². The zero-order valence-corrected chi connectivity index (χ0v) is 15.7. The van der Waals surface area contributed by atoms with Crippen LogP contribution >= 0.6 is 0 Å². The van der Waals surface area contributed by atoms with Gasteiger partial charge in [-0.2, -0.15) is 0 Å². The number of nitrogens with one attached hydrogen (secondary N) is 1. The highest BCUT2D eigenvalue weighted by atomic mass is 16.5. The van der Waals surface area contributed by atoms with Crippen molar-refractivity contribution >= 4 is 17.5 Å². The van der Waals surface area contributed by atoms with Crippen LogP contribution < -0.4 is 10.1 Å². The lowest BCUT2D eigenvalue weighted by atomic mass is 9.95. The van der Waals surface area contributed by atoms with Gasteiger partial charge in [0.1, 0.15) is 5.75 Å². The molecular formula is C22H26N2O3. The van der Waals surface area contributed by atoms with E-state index in [4.69, 9.17) is 4.74 Å². The topological polar surface area (TPSA) is 58.6 Å². The highest BCUT2D eigenvalue weighted by Crippen LogP contribution is 2.21. The van der Waals surface area contributed by atoms with Crippen LogP contribution in [0.3, 0.4) is 0 Å². The van der Waals surface area contributed by atoms with Gasteiger partial charge in [-0.15, -0.1) is 0 Å². The van der Waals surface area contributed by atoms with Gasteiger partial charge in [-0.3, -0.25) is 9.59 Å². The number of hydrogen-bond donors (Lipinski definition) is 1. The number of nitrogens with zero attached hydrogens (tertiary/aromatic N) is 1. The second kappa shape index (κ2) is 9.21. The van der Waals surface area contributed by atoms with E-state index >= 15 is 0 Å². The standard InChI is InChI=1S/C22H26N2O3/c1-2-17-8-6-7-11-20(17)27-16-21(25)24-14-12-18(13-15-24)22(26)23-19-9-4-3-5-10-19/h3-11,18H,2,12-16H2,1H3,(H,23,26). The maximum absolute atomic E-state index is 12.4. The number of benzene rings is 2. The van der Waals surface area contributed by atoms with Gasteiger partial charge in [-0.1, -0.05) is 43.3 Å². The number of rotatable bonds is 6. The summed E-state index contributed by atoms with van der Waals surface area (Å²) in [6.45, 7) is 3.28. The van der Waals surface area contributed by atoms with Gasteiger partial charge in [0.25, 0.3) is 5.91 Å². The average molecular weight is 366 g/mol. The summed E-state index contributed by atoms with van der Waals surface area (Å²) < 4.78 is 5.73. The average Bonchev–Trinajstić information content (AvgIpc) is 2.73. The van der Waals surface area contributed by atoms with Crippen LogP contribution in [0, 0.1) is 5.92 Å². The van der Waals surface area contributed by atoms with E-state index in [1.165, 1.54) is 0 Å². The molecule has 0 atom stereocenters. The van der Waals surface area contributed by atoms with Crippen molar-refractivity contribution in [2.75, 3.05) is 25.0 Å². The summed E-state index contributed by atoms with van der Waals surface area (Å²) in [4.78, 5) is 26.6. The molecule has 0 aliphatic carbocycles. The molecule has 2 aromatic carbocycles. The van der Waals surface area contributed by atoms with Crippen molar-refractivity contribution in [2.45, 2.75) is 26.2 Å². The van der Waals surface area contributed by atoms with E-state index in [1.54, 1.807) is 4.90 Å². The van der Waals surface area contributed by atoms with E-state index in [9.17, 15) is 9.59 Å². The summed E-state index contributed by atoms with van der Waals surface area (Å²) in [5, 5.41) is 2.95. The second-order valence-corrected chi connectivity index (χ2v) is 6.76. The number of likely N-dealkylation sites (tertiary alicyclic amines) is 1. The number of para-hydroxylation sites is 2. The SMILES string of the molecule is CCc1ccccc1OCC(=O)N1CCC(C(=O)Nc2ccccc2)CC1. The molecule has 1 N–H and O–H groups in total. The first-order valence-corrected chi connectivity index (χ1v) is 9.51. The second-order valence-electron chi connectivity index (χ2n) is 6.76. The van der Waals surface area contributed by atoms with Crippen molar-refractivity contribution in [3.63, 3.8) is 0 Å². The van der Waals surface area contributed by atoms with Crippen LogP contribution in [-0.2, 0) is 16.0 Å². The molecule has 0 aromatic heterocycles. The van der Waals surface area contributed by atoms with Crippen LogP contribution in [0.25, 0.3) is 0 Å². The smallest absolute Gasteiger partial charge is 0.260 e. The van der Waals surface area contributed by atoms with Crippen LogP contribution in [0.2, 0.25) is 0 Å². The van der Waals surface area contributed by atoms with Gasteiger partial charge in [0, 0.05) is 24.7 Å². The van der Waals surface area contributed by atoms with Crippen LogP contribution in [0.15, 0.2) is 54.6 Å². The Hall–Kier alpha value is -2.82. The minimum Gasteiger partial charge on any atom is -0.483 e. The maximum Gasteiger partial charge on any atom is 0.260 e. The van der Waals surface area contributed by atoms with E-state index < -0.39 is 0 Å². The van der Waals surface area contributed by atoms with Gasteiger partial charge in [-0.25, -0.2) is 0 Å². The Morgan fingerprint density at radius 3 is 2.41 bits per heavy atom. The van der Waals surface area contributed by atoms with Crippen LogP contribution in [0.1, 0.15) is 25.3 Å². The Bertz CT molecular complexity index is 768. The van der Waals surface area contributed by atoms with E-state index in [0.29, 0.717) is 25.9 Å². The van der Waals surface area contributed by atoms with Gasteiger partial charge in [0.05, 0.1) is 0 Å². The highest BCUT2D eigenvalue weighted by Gasteiger charge is 2.27. The lowest BCUT2D eigenvalue weighted by molar-refractivity contribution is -0.136. The summed E-state index contributed by atoms with van der Waals surface area (Å²) in [6.07, 6.45) is 2.22. The van der Waals surface area contributed by atoms with Crippen molar-refractivity contribution in [2.24, 2.45) is 5.92 Å². The molecule has 1 saturated heterocycles. The summed E-state index contributed by atoms with van der Waals surface area (Å²) in [5.41, 5.74) is 1.91. The van der Waals surface area contributed by atoms with E-state index in [1.807, 2.05) is 54.6 Å². The minimum absolute atomic E-state index is 0.0252. The largest absolute Gasteiger partial charge is 0.483 e. The molecule has 27 heavy (non-hydrogen) atoms. The molecule has 5 heteroatoms. The van der Waals surface area contributed by atoms with E-state index in [2.05, 4.69) is 12.2 Å². The number of ether oxygens (including phenoxy) is 1. The van der Waals surface area contributed by atoms with E-state index in [0.717, 1.165) is 23.4 Å². The maximum atomic E-state index is 12.4. The molecule has 0 bridgehead atoms. The van der Waals surface area contributed by atoms with Crippen molar-refractivity contribution in [3.05, 3.63) is 60.2 Å².